The fourth-order valence-corrected chi connectivity index (χ4v) is 8.50. The minimum Gasteiger partial charge on any atom is -0.380 e. The molecule has 5 heterocycles. The van der Waals surface area contributed by atoms with Gasteiger partial charge in [-0.25, -0.2) is 9.97 Å². The van der Waals surface area contributed by atoms with Crippen LogP contribution in [-0.2, 0) is 15.0 Å². The molecule has 9 nitrogen and oxygen atoms in total. The molecule has 2 saturated carbocycles. The number of anilines is 1. The van der Waals surface area contributed by atoms with Gasteiger partial charge >= 0.3 is 0 Å². The van der Waals surface area contributed by atoms with E-state index in [0.717, 1.165) is 59.5 Å². The van der Waals surface area contributed by atoms with Crippen LogP contribution < -0.4 is 4.90 Å². The summed E-state index contributed by atoms with van der Waals surface area (Å²) in [5.41, 5.74) is 3.48. The van der Waals surface area contributed by atoms with Crippen molar-refractivity contribution >= 4 is 40.1 Å². The van der Waals surface area contributed by atoms with Crippen molar-refractivity contribution in [1.82, 2.24) is 24.3 Å². The molecule has 0 radical (unpaired) electrons. The van der Waals surface area contributed by atoms with E-state index in [9.17, 15) is 14.7 Å². The second kappa shape index (κ2) is 10.3. The quantitative estimate of drug-likeness (QED) is 0.402. The first kappa shape index (κ1) is 28.5. The molecule has 232 valence electrons. The molecule has 2 saturated heterocycles. The molecule has 10 heteroatoms. The van der Waals surface area contributed by atoms with Crippen LogP contribution >= 0.6 is 11.6 Å². The number of aliphatic hydroxyl groups is 1. The molecule has 4 fully saturated rings. The topological polar surface area (TPSA) is 94.8 Å². The summed E-state index contributed by atoms with van der Waals surface area (Å²) >= 11 is 6.74. The van der Waals surface area contributed by atoms with Crippen LogP contribution in [0.5, 0.6) is 0 Å². The molecule has 0 atom stereocenters. The Bertz CT molecular complexity index is 1640. The molecule has 0 unspecified atom stereocenters. The largest absolute Gasteiger partial charge is 0.380 e. The lowest BCUT2D eigenvalue weighted by atomic mass is 9.73. The molecule has 2 aromatic heterocycles. The number of halogens is 1. The Hall–Kier alpha value is -3.01. The third-order valence-corrected chi connectivity index (χ3v) is 11.4. The number of hydrogen-bond donors (Lipinski definition) is 1. The summed E-state index contributed by atoms with van der Waals surface area (Å²) in [7, 11) is 0. The molecule has 8 rings (SSSR count). The highest BCUT2D eigenvalue weighted by molar-refractivity contribution is 6.34. The van der Waals surface area contributed by atoms with Crippen LogP contribution in [0.3, 0.4) is 0 Å². The SMILES string of the molecule is CC(C)n1cnc2cc(-c3ccc4c(c3)N(C3CC(N5CCCCC5)C3)C(=O)C43CCN(C(=O)C4(O)CC4)CC3)nc(Cl)c21. The summed E-state index contributed by atoms with van der Waals surface area (Å²) in [6, 6.07) is 9.20. The van der Waals surface area contributed by atoms with Gasteiger partial charge in [-0.2, -0.15) is 0 Å². The highest BCUT2D eigenvalue weighted by atomic mass is 35.5. The number of likely N-dealkylation sites (tertiary alicyclic amines) is 2. The molecule has 2 amide bonds. The number of piperidine rings is 2. The summed E-state index contributed by atoms with van der Waals surface area (Å²) in [6.45, 7) is 7.47. The standard InChI is InChI=1S/C34H41ClN6O3/c1-21(2)40-20-36-27-19-26(37-30(35)29(27)40)22-6-7-25-28(16-22)41(24-17-23(18-24)38-12-4-3-5-13-38)31(42)33(25)10-14-39(15-11-33)32(43)34(44)8-9-34/h6-7,16,19-21,23-24,44H,3-5,8-15,17-18H2,1-2H3. The minimum absolute atomic E-state index is 0.162. The fraction of sp³-hybridized carbons (Fsp3) is 0.588. The van der Waals surface area contributed by atoms with E-state index < -0.39 is 11.0 Å². The number of aromatic nitrogens is 3. The van der Waals surface area contributed by atoms with Gasteiger partial charge in [0.25, 0.3) is 5.91 Å². The number of benzene rings is 1. The molecular weight excluding hydrogens is 576 g/mol. The van der Waals surface area contributed by atoms with Crippen molar-refractivity contribution in [2.45, 2.75) is 101 Å². The molecule has 1 N–H and O–H groups in total. The first-order valence-electron chi connectivity index (χ1n) is 16.5. The Labute approximate surface area is 263 Å². The smallest absolute Gasteiger partial charge is 0.254 e. The number of pyridine rings is 1. The van der Waals surface area contributed by atoms with Crippen LogP contribution in [0.25, 0.3) is 22.3 Å². The maximum atomic E-state index is 14.6. The Morgan fingerprint density at radius 2 is 1.73 bits per heavy atom. The first-order chi connectivity index (χ1) is 21.2. The van der Waals surface area contributed by atoms with E-state index in [2.05, 4.69) is 46.8 Å². The molecule has 44 heavy (non-hydrogen) atoms. The van der Waals surface area contributed by atoms with Gasteiger partial charge < -0.3 is 24.4 Å². The number of carbonyl (C=O) groups excluding carboxylic acids is 2. The van der Waals surface area contributed by atoms with Crippen LogP contribution in [0, 0.1) is 0 Å². The zero-order valence-corrected chi connectivity index (χ0v) is 26.4. The highest BCUT2D eigenvalue weighted by Gasteiger charge is 2.57. The van der Waals surface area contributed by atoms with E-state index in [1.807, 2.05) is 17.0 Å². The van der Waals surface area contributed by atoms with E-state index in [4.69, 9.17) is 16.6 Å². The van der Waals surface area contributed by atoms with Gasteiger partial charge in [-0.3, -0.25) is 9.59 Å². The number of amides is 2. The van der Waals surface area contributed by atoms with Crippen molar-refractivity contribution in [3.63, 3.8) is 0 Å². The van der Waals surface area contributed by atoms with Crippen molar-refractivity contribution in [1.29, 1.82) is 0 Å². The summed E-state index contributed by atoms with van der Waals surface area (Å²) in [4.78, 5) is 43.4. The van der Waals surface area contributed by atoms with Gasteiger partial charge in [0.05, 0.1) is 23.0 Å². The van der Waals surface area contributed by atoms with Gasteiger partial charge in [-0.05, 0) is 96.0 Å². The van der Waals surface area contributed by atoms with Crippen molar-refractivity contribution < 1.29 is 14.7 Å². The van der Waals surface area contributed by atoms with Crippen LogP contribution in [0.1, 0.15) is 83.2 Å². The van der Waals surface area contributed by atoms with Crippen LogP contribution in [0.4, 0.5) is 5.69 Å². The third-order valence-electron chi connectivity index (χ3n) is 11.1. The molecule has 1 spiro atoms. The van der Waals surface area contributed by atoms with Crippen molar-refractivity contribution in [3.8, 4) is 11.3 Å². The van der Waals surface area contributed by atoms with Gasteiger partial charge in [-0.1, -0.05) is 30.2 Å². The van der Waals surface area contributed by atoms with Gasteiger partial charge in [0.1, 0.15) is 11.1 Å². The third kappa shape index (κ3) is 4.33. The van der Waals surface area contributed by atoms with E-state index in [0.29, 0.717) is 50.0 Å². The number of carbonyl (C=O) groups is 2. The minimum atomic E-state index is -1.18. The van der Waals surface area contributed by atoms with E-state index in [1.54, 1.807) is 4.90 Å². The number of nitrogens with zero attached hydrogens (tertiary/aromatic N) is 6. The van der Waals surface area contributed by atoms with Gasteiger partial charge in [0, 0.05) is 42.5 Å². The Balaban J connectivity index is 1.14. The lowest BCUT2D eigenvalue weighted by Crippen LogP contribution is -2.58. The van der Waals surface area contributed by atoms with Crippen molar-refractivity contribution in [2.24, 2.45) is 0 Å². The second-order valence-electron chi connectivity index (χ2n) is 14.1. The molecule has 3 aromatic rings. The summed E-state index contributed by atoms with van der Waals surface area (Å²) in [5.74, 6) is -0.00654. The predicted octanol–water partition coefficient (Wildman–Crippen LogP) is 5.08. The molecule has 3 aliphatic heterocycles. The predicted molar refractivity (Wildman–Crippen MR) is 170 cm³/mol. The van der Waals surface area contributed by atoms with E-state index in [1.165, 1.54) is 19.3 Å². The Morgan fingerprint density at radius 3 is 2.41 bits per heavy atom. The normalized spacial score (nSPS) is 26.0. The maximum absolute atomic E-state index is 14.6. The lowest BCUT2D eigenvalue weighted by molar-refractivity contribution is -0.145. The van der Waals surface area contributed by atoms with Crippen LogP contribution in [-0.4, -0.2) is 85.1 Å². The highest BCUT2D eigenvalue weighted by Crippen LogP contribution is 2.52. The molecule has 2 aliphatic carbocycles. The van der Waals surface area contributed by atoms with Crippen LogP contribution in [0.2, 0.25) is 5.15 Å². The van der Waals surface area contributed by atoms with Crippen molar-refractivity contribution in [3.05, 3.63) is 41.3 Å². The van der Waals surface area contributed by atoms with Gasteiger partial charge in [0.2, 0.25) is 5.91 Å². The fourth-order valence-electron chi connectivity index (χ4n) is 8.22. The molecule has 1 aromatic carbocycles. The number of hydrogen-bond acceptors (Lipinski definition) is 6. The van der Waals surface area contributed by atoms with Crippen molar-refractivity contribution in [2.75, 3.05) is 31.1 Å². The maximum Gasteiger partial charge on any atom is 0.254 e. The summed E-state index contributed by atoms with van der Waals surface area (Å²) in [5, 5.41) is 10.9. The van der Waals surface area contributed by atoms with Gasteiger partial charge in [-0.15, -0.1) is 0 Å². The molecule has 5 aliphatic rings. The monoisotopic (exact) mass is 616 g/mol. The second-order valence-corrected chi connectivity index (χ2v) is 14.5. The van der Waals surface area contributed by atoms with E-state index >= 15 is 0 Å². The number of rotatable bonds is 5. The Morgan fingerprint density at radius 1 is 1.00 bits per heavy atom. The van der Waals surface area contributed by atoms with E-state index in [-0.39, 0.29) is 23.9 Å². The zero-order valence-electron chi connectivity index (χ0n) is 25.6. The lowest BCUT2D eigenvalue weighted by Gasteiger charge is -2.48. The van der Waals surface area contributed by atoms with Gasteiger partial charge in [0.15, 0.2) is 5.15 Å². The zero-order chi connectivity index (χ0) is 30.4. The number of imidazole rings is 1. The first-order valence-corrected chi connectivity index (χ1v) is 16.8. The average Bonchev–Trinajstić information content (AvgIpc) is 3.53. The summed E-state index contributed by atoms with van der Waals surface area (Å²) in [6.07, 6.45) is 9.85. The van der Waals surface area contributed by atoms with Crippen LogP contribution in [0.15, 0.2) is 30.6 Å². The Kier molecular flexibility index (Phi) is 6.63. The summed E-state index contributed by atoms with van der Waals surface area (Å²) < 4.78 is 2.04. The molecular formula is C34H41ClN6O3. The number of fused-ring (bicyclic) bond motifs is 3. The average molecular weight is 617 g/mol. The molecule has 0 bridgehead atoms.